The maximum Gasteiger partial charge on any atom is 0.309 e. The van der Waals surface area contributed by atoms with E-state index in [1.807, 2.05) is 42.5 Å². The number of cyclic esters (lactones) is 1. The summed E-state index contributed by atoms with van der Waals surface area (Å²) in [5.41, 5.74) is 1.83. The molecule has 7 nitrogen and oxygen atoms in total. The number of benzene rings is 2. The first-order valence-electron chi connectivity index (χ1n) is 12.7. The van der Waals surface area contributed by atoms with Crippen LogP contribution in [0.15, 0.2) is 66.7 Å². The highest BCUT2D eigenvalue weighted by molar-refractivity contribution is 5.86. The van der Waals surface area contributed by atoms with Crippen LogP contribution in [0, 0.1) is 17.7 Å². The van der Waals surface area contributed by atoms with Crippen LogP contribution in [-0.2, 0) is 32.0 Å². The predicted molar refractivity (Wildman–Crippen MR) is 138 cm³/mol. The number of nitrogens with one attached hydrogen (secondary N) is 2. The molecule has 0 saturated carbocycles. The monoisotopic (exact) mass is 510 g/mol. The predicted octanol–water partition coefficient (Wildman–Crippen LogP) is 3.11. The molecular formula is C29H35FN2O5. The van der Waals surface area contributed by atoms with Gasteiger partial charge in [-0.15, -0.1) is 0 Å². The third kappa shape index (κ3) is 9.80. The quantitative estimate of drug-likeness (QED) is 0.374. The average molecular weight is 511 g/mol. The van der Waals surface area contributed by atoms with Gasteiger partial charge < -0.3 is 20.5 Å². The molecule has 3 N–H and O–H groups in total. The molecule has 0 aliphatic carbocycles. The van der Waals surface area contributed by atoms with E-state index < -0.39 is 17.9 Å². The van der Waals surface area contributed by atoms with Crippen LogP contribution in [0.25, 0.3) is 0 Å². The summed E-state index contributed by atoms with van der Waals surface area (Å²) in [6.07, 6.45) is 6.16. The van der Waals surface area contributed by atoms with E-state index in [1.165, 1.54) is 12.1 Å². The SMILES string of the molecule is O=C(C[C@@H]1C/C=C/CC[C@@H](Cc2ccc(F)cc2)C(=O)OC[C@@H](Cc2ccccc2)NC1=O)NCCO. The van der Waals surface area contributed by atoms with Crippen LogP contribution < -0.4 is 10.6 Å². The Hall–Kier alpha value is -3.52. The minimum absolute atomic E-state index is 0.00373. The van der Waals surface area contributed by atoms with Crippen LogP contribution in [0.5, 0.6) is 0 Å². The number of aliphatic hydroxyl groups excluding tert-OH is 1. The number of amides is 2. The smallest absolute Gasteiger partial charge is 0.309 e. The standard InChI is InChI=1S/C29H35FN2O5/c30-25-13-11-22(12-14-25)17-24-10-6-2-5-9-23(19-27(34)31-15-16-33)28(35)32-26(20-37-29(24)36)18-21-7-3-1-4-8-21/h1-5,7-8,11-14,23-24,26,33H,6,9-10,15-20H2,(H,31,34)(H,32,35)/b5-2+/t23-,24-,26+/m0/s1. The molecule has 2 aromatic rings. The molecule has 0 unspecified atom stereocenters. The Bertz CT molecular complexity index is 1040. The molecule has 2 aromatic carbocycles. The van der Waals surface area contributed by atoms with E-state index in [0.29, 0.717) is 32.1 Å². The minimum Gasteiger partial charge on any atom is -0.463 e. The van der Waals surface area contributed by atoms with Gasteiger partial charge in [-0.25, -0.2) is 4.39 Å². The van der Waals surface area contributed by atoms with Gasteiger partial charge in [0.25, 0.3) is 0 Å². The van der Waals surface area contributed by atoms with Gasteiger partial charge >= 0.3 is 5.97 Å². The first-order valence-corrected chi connectivity index (χ1v) is 12.7. The van der Waals surface area contributed by atoms with Crippen molar-refractivity contribution in [3.8, 4) is 0 Å². The van der Waals surface area contributed by atoms with Gasteiger partial charge in [-0.2, -0.15) is 0 Å². The van der Waals surface area contributed by atoms with Gasteiger partial charge in [0.2, 0.25) is 11.8 Å². The lowest BCUT2D eigenvalue weighted by Gasteiger charge is -2.23. The van der Waals surface area contributed by atoms with E-state index in [-0.39, 0.29) is 49.8 Å². The molecule has 0 aromatic heterocycles. The van der Waals surface area contributed by atoms with E-state index in [0.717, 1.165) is 11.1 Å². The Morgan fingerprint density at radius 3 is 2.46 bits per heavy atom. The van der Waals surface area contributed by atoms with E-state index >= 15 is 0 Å². The van der Waals surface area contributed by atoms with Crippen LogP contribution >= 0.6 is 0 Å². The number of esters is 1. The lowest BCUT2D eigenvalue weighted by atomic mass is 9.94. The molecule has 1 aliphatic heterocycles. The van der Waals surface area contributed by atoms with Gasteiger partial charge in [-0.1, -0.05) is 54.6 Å². The van der Waals surface area contributed by atoms with Gasteiger partial charge in [0.1, 0.15) is 12.4 Å². The first kappa shape index (κ1) is 28.1. The van der Waals surface area contributed by atoms with Crippen LogP contribution in [0.1, 0.15) is 36.8 Å². The second-order valence-electron chi connectivity index (χ2n) is 9.31. The lowest BCUT2D eigenvalue weighted by Crippen LogP contribution is -2.44. The number of allylic oxidation sites excluding steroid dienone is 2. The van der Waals surface area contributed by atoms with Crippen LogP contribution in [0.3, 0.4) is 0 Å². The number of halogens is 1. The molecule has 1 aliphatic rings. The molecule has 0 spiro atoms. The van der Waals surface area contributed by atoms with E-state index in [9.17, 15) is 18.8 Å². The molecular weight excluding hydrogens is 475 g/mol. The zero-order valence-electron chi connectivity index (χ0n) is 20.9. The molecule has 0 radical (unpaired) electrons. The molecule has 0 bridgehead atoms. The average Bonchev–Trinajstić information content (AvgIpc) is 2.90. The fourth-order valence-electron chi connectivity index (χ4n) is 4.33. The molecule has 198 valence electrons. The maximum atomic E-state index is 13.3. The highest BCUT2D eigenvalue weighted by Gasteiger charge is 2.26. The van der Waals surface area contributed by atoms with Crippen molar-refractivity contribution >= 4 is 17.8 Å². The number of ether oxygens (including phenoxy) is 1. The summed E-state index contributed by atoms with van der Waals surface area (Å²) in [6, 6.07) is 15.2. The first-order chi connectivity index (χ1) is 17.9. The Kier molecular flexibility index (Phi) is 11.3. The number of rotatable bonds is 8. The van der Waals surface area contributed by atoms with Crippen molar-refractivity contribution in [3.63, 3.8) is 0 Å². The summed E-state index contributed by atoms with van der Waals surface area (Å²) in [5.74, 6) is -2.30. The van der Waals surface area contributed by atoms with Crippen molar-refractivity contribution in [2.75, 3.05) is 19.8 Å². The Balaban J connectivity index is 1.77. The van der Waals surface area contributed by atoms with Crippen molar-refractivity contribution in [1.82, 2.24) is 10.6 Å². The summed E-state index contributed by atoms with van der Waals surface area (Å²) in [5, 5.41) is 14.6. The Morgan fingerprint density at radius 2 is 1.73 bits per heavy atom. The van der Waals surface area contributed by atoms with Crippen LogP contribution in [0.2, 0.25) is 0 Å². The highest BCUT2D eigenvalue weighted by Crippen LogP contribution is 2.19. The largest absolute Gasteiger partial charge is 0.463 e. The van der Waals surface area contributed by atoms with E-state index in [1.54, 1.807) is 12.1 Å². The molecule has 8 heteroatoms. The normalized spacial score (nSPS) is 21.9. The Morgan fingerprint density at radius 1 is 1.00 bits per heavy atom. The number of hydrogen-bond donors (Lipinski definition) is 3. The van der Waals surface area contributed by atoms with Crippen molar-refractivity contribution in [1.29, 1.82) is 0 Å². The molecule has 0 saturated heterocycles. The summed E-state index contributed by atoms with van der Waals surface area (Å²) in [7, 11) is 0. The van der Waals surface area contributed by atoms with Gasteiger partial charge in [0, 0.05) is 13.0 Å². The lowest BCUT2D eigenvalue weighted by molar-refractivity contribution is -0.150. The fourth-order valence-corrected chi connectivity index (χ4v) is 4.33. The third-order valence-corrected chi connectivity index (χ3v) is 6.33. The van der Waals surface area contributed by atoms with Crippen molar-refractivity contribution in [3.05, 3.63) is 83.7 Å². The van der Waals surface area contributed by atoms with Crippen molar-refractivity contribution in [2.45, 2.75) is 44.6 Å². The van der Waals surface area contributed by atoms with Crippen molar-refractivity contribution in [2.24, 2.45) is 11.8 Å². The third-order valence-electron chi connectivity index (χ3n) is 6.33. The molecule has 3 rings (SSSR count). The van der Waals surface area contributed by atoms with Crippen LogP contribution in [0.4, 0.5) is 4.39 Å². The number of carbonyl (C=O) groups excluding carboxylic acids is 3. The molecule has 2 amide bonds. The number of carbonyl (C=O) groups is 3. The Labute approximate surface area is 217 Å². The topological polar surface area (TPSA) is 105 Å². The second kappa shape index (κ2) is 14.9. The molecule has 3 atom stereocenters. The van der Waals surface area contributed by atoms with Gasteiger partial charge in [-0.05, 0) is 55.4 Å². The van der Waals surface area contributed by atoms with Crippen LogP contribution in [-0.4, -0.2) is 48.7 Å². The summed E-state index contributed by atoms with van der Waals surface area (Å²) in [4.78, 5) is 38.5. The van der Waals surface area contributed by atoms with Gasteiger partial charge in [-0.3, -0.25) is 14.4 Å². The van der Waals surface area contributed by atoms with E-state index in [4.69, 9.17) is 9.84 Å². The molecule has 37 heavy (non-hydrogen) atoms. The number of hydrogen-bond acceptors (Lipinski definition) is 5. The minimum atomic E-state index is -0.598. The van der Waals surface area contributed by atoms with E-state index in [2.05, 4.69) is 10.6 Å². The van der Waals surface area contributed by atoms with Gasteiger partial charge in [0.15, 0.2) is 0 Å². The van der Waals surface area contributed by atoms with Gasteiger partial charge in [0.05, 0.1) is 24.5 Å². The highest BCUT2D eigenvalue weighted by atomic mass is 19.1. The summed E-state index contributed by atoms with van der Waals surface area (Å²) < 4.78 is 19.0. The van der Waals surface area contributed by atoms with Crippen molar-refractivity contribution < 1.29 is 28.6 Å². The molecule has 1 heterocycles. The zero-order valence-corrected chi connectivity index (χ0v) is 20.9. The zero-order chi connectivity index (χ0) is 26.5. The second-order valence-corrected chi connectivity index (χ2v) is 9.31. The summed E-state index contributed by atoms with van der Waals surface area (Å²) >= 11 is 0. The molecule has 0 fully saturated rings. The maximum absolute atomic E-state index is 13.3. The fraction of sp³-hybridized carbons (Fsp3) is 0.414. The summed E-state index contributed by atoms with van der Waals surface area (Å²) in [6.45, 7) is -0.0482. The number of aliphatic hydroxyl groups is 1.